The predicted octanol–water partition coefficient (Wildman–Crippen LogP) is 4.61. The van der Waals surface area contributed by atoms with Crippen molar-refractivity contribution in [2.24, 2.45) is 0 Å². The molecule has 0 fully saturated rings. The van der Waals surface area contributed by atoms with Gasteiger partial charge in [-0.15, -0.1) is 0 Å². The Kier molecular flexibility index (Phi) is 8.91. The number of carbonyl (C=O) groups excluding carboxylic acids is 2. The van der Waals surface area contributed by atoms with Crippen LogP contribution in [0.1, 0.15) is 53.7 Å². The summed E-state index contributed by atoms with van der Waals surface area (Å²) in [5, 5.41) is 11.0. The lowest BCUT2D eigenvalue weighted by atomic mass is 9.92. The van der Waals surface area contributed by atoms with Crippen LogP contribution in [-0.2, 0) is 14.9 Å². The van der Waals surface area contributed by atoms with E-state index < -0.39 is 5.54 Å². The zero-order valence-electron chi connectivity index (χ0n) is 20.7. The maximum absolute atomic E-state index is 13.0. The zero-order chi connectivity index (χ0) is 24.8. The van der Waals surface area contributed by atoms with Crippen molar-refractivity contribution < 1.29 is 14.3 Å². The van der Waals surface area contributed by atoms with E-state index in [9.17, 15) is 9.59 Å². The zero-order valence-corrected chi connectivity index (χ0v) is 21.4. The molecule has 0 saturated carbocycles. The monoisotopic (exact) mass is 477 g/mol. The molecular formula is C24H36ClN5O3. The molecule has 9 heteroatoms. The summed E-state index contributed by atoms with van der Waals surface area (Å²) in [6, 6.07) is 8.85. The number of aromatic nitrogens is 2. The number of para-hydroxylation sites is 1. The van der Waals surface area contributed by atoms with Crippen molar-refractivity contribution in [1.82, 2.24) is 20.0 Å². The van der Waals surface area contributed by atoms with Crippen molar-refractivity contribution in [3.8, 4) is 5.69 Å². The highest BCUT2D eigenvalue weighted by molar-refractivity contribution is 6.32. The number of hydrogen-bond donors (Lipinski definition) is 2. The highest BCUT2D eigenvalue weighted by atomic mass is 35.5. The topological polar surface area (TPSA) is 88.5 Å². The molecule has 0 atom stereocenters. The molecule has 0 unspecified atom stereocenters. The fraction of sp³-hybridized carbons (Fsp3) is 0.542. The first-order valence-electron chi connectivity index (χ1n) is 11.0. The molecule has 182 valence electrons. The van der Waals surface area contributed by atoms with Crippen LogP contribution in [0.2, 0.25) is 5.02 Å². The highest BCUT2D eigenvalue weighted by Gasteiger charge is 2.25. The van der Waals surface area contributed by atoms with E-state index in [-0.39, 0.29) is 23.9 Å². The van der Waals surface area contributed by atoms with E-state index in [0.717, 1.165) is 5.69 Å². The second kappa shape index (κ2) is 11.0. The molecule has 0 saturated heterocycles. The molecule has 0 spiro atoms. The largest absolute Gasteiger partial charge is 0.385 e. The van der Waals surface area contributed by atoms with Gasteiger partial charge in [0.1, 0.15) is 12.4 Å². The van der Waals surface area contributed by atoms with Gasteiger partial charge in [-0.05, 0) is 39.3 Å². The molecular weight excluding hydrogens is 442 g/mol. The first-order chi connectivity index (χ1) is 15.3. The first-order valence-corrected chi connectivity index (χ1v) is 11.4. The van der Waals surface area contributed by atoms with E-state index >= 15 is 0 Å². The van der Waals surface area contributed by atoms with Crippen LogP contribution in [-0.4, -0.2) is 59.0 Å². The Morgan fingerprint density at radius 2 is 1.82 bits per heavy atom. The van der Waals surface area contributed by atoms with Gasteiger partial charge < -0.3 is 20.3 Å². The second-order valence-corrected chi connectivity index (χ2v) is 10.4. The predicted molar refractivity (Wildman–Crippen MR) is 132 cm³/mol. The average Bonchev–Trinajstić information content (AvgIpc) is 3.10. The molecule has 1 heterocycles. The number of nitrogens with zero attached hydrogens (tertiary/aromatic N) is 3. The number of amides is 3. The molecule has 2 rings (SSSR count). The summed E-state index contributed by atoms with van der Waals surface area (Å²) in [5.41, 5.74) is 0.815. The molecule has 0 aliphatic heterocycles. The minimum absolute atomic E-state index is 0.107. The molecule has 0 bridgehead atoms. The lowest BCUT2D eigenvalue weighted by molar-refractivity contribution is -0.116. The van der Waals surface area contributed by atoms with E-state index in [1.807, 2.05) is 65.8 Å². The van der Waals surface area contributed by atoms with Gasteiger partial charge in [0.25, 0.3) is 0 Å². The number of benzene rings is 1. The summed E-state index contributed by atoms with van der Waals surface area (Å²) in [5.74, 6) is 0.163. The SMILES string of the molecule is COCCCN(CC(=O)Nc1cc(C(C)(C)C)nn1-c1ccccc1Cl)C(=O)NC(C)(C)C. The third kappa shape index (κ3) is 8.05. The van der Waals surface area contributed by atoms with Gasteiger partial charge in [0.2, 0.25) is 5.91 Å². The molecule has 33 heavy (non-hydrogen) atoms. The fourth-order valence-electron chi connectivity index (χ4n) is 3.05. The van der Waals surface area contributed by atoms with Gasteiger partial charge in [-0.25, -0.2) is 9.48 Å². The Bertz CT molecular complexity index is 960. The van der Waals surface area contributed by atoms with E-state index in [0.29, 0.717) is 36.1 Å². The number of halogens is 1. The van der Waals surface area contributed by atoms with Crippen molar-refractivity contribution in [2.75, 3.05) is 32.1 Å². The van der Waals surface area contributed by atoms with Crippen LogP contribution in [0.5, 0.6) is 0 Å². The second-order valence-electron chi connectivity index (χ2n) is 10.0. The van der Waals surface area contributed by atoms with Crippen LogP contribution < -0.4 is 10.6 Å². The lowest BCUT2D eigenvalue weighted by Gasteiger charge is -2.28. The van der Waals surface area contributed by atoms with Crippen molar-refractivity contribution in [2.45, 2.75) is 58.9 Å². The molecule has 8 nitrogen and oxygen atoms in total. The maximum Gasteiger partial charge on any atom is 0.318 e. The van der Waals surface area contributed by atoms with E-state index in [2.05, 4.69) is 10.6 Å². The Morgan fingerprint density at radius 1 is 1.15 bits per heavy atom. The highest BCUT2D eigenvalue weighted by Crippen LogP contribution is 2.29. The third-order valence-corrected chi connectivity index (χ3v) is 5.03. The maximum atomic E-state index is 13.0. The van der Waals surface area contributed by atoms with Crippen molar-refractivity contribution in [3.63, 3.8) is 0 Å². The van der Waals surface area contributed by atoms with Gasteiger partial charge in [0.05, 0.1) is 16.4 Å². The van der Waals surface area contributed by atoms with Gasteiger partial charge >= 0.3 is 6.03 Å². The van der Waals surface area contributed by atoms with Crippen LogP contribution in [0, 0.1) is 0 Å². The van der Waals surface area contributed by atoms with Crippen molar-refractivity contribution in [3.05, 3.63) is 41.0 Å². The van der Waals surface area contributed by atoms with Crippen LogP contribution in [0.15, 0.2) is 30.3 Å². The number of urea groups is 1. The minimum atomic E-state index is -0.419. The van der Waals surface area contributed by atoms with E-state index in [4.69, 9.17) is 21.4 Å². The Morgan fingerprint density at radius 3 is 2.39 bits per heavy atom. The summed E-state index contributed by atoms with van der Waals surface area (Å²) in [7, 11) is 1.61. The van der Waals surface area contributed by atoms with Gasteiger partial charge in [-0.1, -0.05) is 44.5 Å². The fourth-order valence-corrected chi connectivity index (χ4v) is 3.27. The Balaban J connectivity index is 2.28. The number of ether oxygens (including phenoxy) is 1. The summed E-state index contributed by atoms with van der Waals surface area (Å²) in [4.78, 5) is 27.3. The van der Waals surface area contributed by atoms with Gasteiger partial charge in [-0.2, -0.15) is 5.10 Å². The normalized spacial score (nSPS) is 11.9. The Hall–Kier alpha value is -2.58. The Labute approximate surface area is 201 Å². The van der Waals surface area contributed by atoms with Crippen molar-refractivity contribution in [1.29, 1.82) is 0 Å². The molecule has 0 aliphatic rings. The lowest BCUT2D eigenvalue weighted by Crippen LogP contribution is -2.50. The van der Waals surface area contributed by atoms with E-state index in [1.165, 1.54) is 4.90 Å². The van der Waals surface area contributed by atoms with Gasteiger partial charge in [0, 0.05) is 37.3 Å². The van der Waals surface area contributed by atoms with Crippen LogP contribution in [0.25, 0.3) is 5.69 Å². The van der Waals surface area contributed by atoms with E-state index in [1.54, 1.807) is 17.9 Å². The van der Waals surface area contributed by atoms with Crippen LogP contribution in [0.3, 0.4) is 0 Å². The number of rotatable bonds is 8. The summed E-state index contributed by atoms with van der Waals surface area (Å²) in [6.07, 6.45) is 0.618. The van der Waals surface area contributed by atoms with Crippen molar-refractivity contribution >= 4 is 29.4 Å². The molecule has 0 aliphatic carbocycles. The minimum Gasteiger partial charge on any atom is -0.385 e. The van der Waals surface area contributed by atoms with Crippen LogP contribution in [0.4, 0.5) is 10.6 Å². The molecule has 1 aromatic carbocycles. The molecule has 1 aromatic heterocycles. The number of carbonyl (C=O) groups is 2. The summed E-state index contributed by atoms with van der Waals surface area (Å²) >= 11 is 6.40. The summed E-state index contributed by atoms with van der Waals surface area (Å²) < 4.78 is 6.73. The number of methoxy groups -OCH3 is 1. The smallest absolute Gasteiger partial charge is 0.318 e. The average molecular weight is 478 g/mol. The first kappa shape index (κ1) is 26.7. The molecule has 0 radical (unpaired) electrons. The number of nitrogens with one attached hydrogen (secondary N) is 2. The standard InChI is InChI=1S/C24H36ClN5O3/c1-23(2,3)19-15-20(30(28-19)18-12-9-8-11-17(18)25)26-21(31)16-29(13-10-14-33-7)22(32)27-24(4,5)6/h8-9,11-12,15H,10,13-14,16H2,1-7H3,(H,26,31)(H,27,32). The number of hydrogen-bond acceptors (Lipinski definition) is 4. The quantitative estimate of drug-likeness (QED) is 0.543. The van der Waals surface area contributed by atoms with Crippen LogP contribution >= 0.6 is 11.6 Å². The molecule has 2 N–H and O–H groups in total. The van der Waals surface area contributed by atoms with Gasteiger partial charge in [-0.3, -0.25) is 4.79 Å². The molecule has 3 amide bonds. The third-order valence-electron chi connectivity index (χ3n) is 4.71. The number of anilines is 1. The summed E-state index contributed by atoms with van der Waals surface area (Å²) in [6.45, 7) is 12.6. The van der Waals surface area contributed by atoms with Gasteiger partial charge in [0.15, 0.2) is 0 Å². The molecule has 2 aromatic rings.